The Morgan fingerprint density at radius 1 is 1.07 bits per heavy atom. The summed E-state index contributed by atoms with van der Waals surface area (Å²) in [5, 5.41) is 13.0. The molecule has 0 radical (unpaired) electrons. The number of carbonyl (C=O) groups is 2. The van der Waals surface area contributed by atoms with E-state index in [2.05, 4.69) is 42.6 Å². The average molecular weight is 415 g/mol. The number of aliphatic carboxylic acids is 1. The van der Waals surface area contributed by atoms with Crippen molar-refractivity contribution in [3.05, 3.63) is 35.9 Å². The molecule has 4 unspecified atom stereocenters. The zero-order chi connectivity index (χ0) is 21.4. The topological polar surface area (TPSA) is 102 Å². The van der Waals surface area contributed by atoms with Crippen LogP contribution in [-0.2, 0) is 14.9 Å². The highest BCUT2D eigenvalue weighted by Gasteiger charge is 2.64. The van der Waals surface area contributed by atoms with Crippen LogP contribution >= 0.6 is 0 Å². The van der Waals surface area contributed by atoms with Crippen LogP contribution in [0, 0.1) is 16.7 Å². The van der Waals surface area contributed by atoms with Crippen LogP contribution in [0.2, 0.25) is 0 Å². The largest absolute Gasteiger partial charge is 0.481 e. The van der Waals surface area contributed by atoms with Gasteiger partial charge in [-0.3, -0.25) is 4.79 Å². The van der Waals surface area contributed by atoms with Gasteiger partial charge >= 0.3 is 12.1 Å². The standard InChI is InChI=1S/C18H22O2.C6H12N2O2/c1-16-7-13-8-17(10-16,14-5-3-2-4-6-14)12-18(9-13,11-16)15(19)20;7-6(9)10-5-1-3-8-4-2-5/h2-6,13H,7-12H2,1H3,(H,19,20);5,8H,1-4H2,(H2,7,9). The van der Waals surface area contributed by atoms with Gasteiger partial charge in [-0.1, -0.05) is 37.3 Å². The molecule has 6 heteroatoms. The van der Waals surface area contributed by atoms with Crippen LogP contribution in [0.1, 0.15) is 63.9 Å². The molecule has 4 N–H and O–H groups in total. The second-order valence-corrected chi connectivity index (χ2v) is 10.4. The summed E-state index contributed by atoms with van der Waals surface area (Å²) < 4.78 is 4.79. The first-order chi connectivity index (χ1) is 14.2. The van der Waals surface area contributed by atoms with Crippen LogP contribution in [0.15, 0.2) is 30.3 Å². The van der Waals surface area contributed by atoms with Crippen molar-refractivity contribution in [1.82, 2.24) is 5.32 Å². The van der Waals surface area contributed by atoms with E-state index in [0.717, 1.165) is 45.2 Å². The lowest BCUT2D eigenvalue weighted by Crippen LogP contribution is -2.60. The van der Waals surface area contributed by atoms with E-state index in [1.54, 1.807) is 0 Å². The SMILES string of the molecule is CC12CC3CC(C(=O)O)(C1)CC(c1ccccc1)(C3)C2.NC(=O)OC1CCNCC1. The molecule has 1 aromatic carbocycles. The Morgan fingerprint density at radius 3 is 2.37 bits per heavy atom. The van der Waals surface area contributed by atoms with Crippen molar-refractivity contribution in [1.29, 1.82) is 0 Å². The first-order valence-corrected chi connectivity index (χ1v) is 11.2. The Hall–Kier alpha value is -2.08. The van der Waals surface area contributed by atoms with Gasteiger partial charge in [0.05, 0.1) is 5.41 Å². The van der Waals surface area contributed by atoms with Crippen LogP contribution in [0.3, 0.4) is 0 Å². The molecule has 5 aliphatic rings. The molecule has 1 saturated heterocycles. The highest BCUT2D eigenvalue weighted by Crippen LogP contribution is 2.70. The molecule has 4 bridgehead atoms. The molecule has 0 spiro atoms. The van der Waals surface area contributed by atoms with Crippen molar-refractivity contribution in [2.75, 3.05) is 13.1 Å². The van der Waals surface area contributed by atoms with Gasteiger partial charge in [0.1, 0.15) is 6.10 Å². The van der Waals surface area contributed by atoms with Crippen LogP contribution in [0.25, 0.3) is 0 Å². The number of nitrogens with two attached hydrogens (primary N) is 1. The summed E-state index contributed by atoms with van der Waals surface area (Å²) in [6.45, 7) is 4.16. The van der Waals surface area contributed by atoms with Crippen molar-refractivity contribution in [2.24, 2.45) is 22.5 Å². The number of piperidine rings is 1. The number of hydrogen-bond acceptors (Lipinski definition) is 4. The van der Waals surface area contributed by atoms with Gasteiger partial charge < -0.3 is 20.9 Å². The molecule has 1 aromatic rings. The number of carboxylic acid groups (broad SMARTS) is 1. The molecule has 6 nitrogen and oxygen atoms in total. The van der Waals surface area contributed by atoms with Gasteiger partial charge in [0.25, 0.3) is 0 Å². The molecule has 4 saturated carbocycles. The van der Waals surface area contributed by atoms with Gasteiger partial charge in [-0.2, -0.15) is 0 Å². The van der Waals surface area contributed by atoms with E-state index in [-0.39, 0.29) is 16.9 Å². The fourth-order valence-electron chi connectivity index (χ4n) is 7.35. The first-order valence-electron chi connectivity index (χ1n) is 11.2. The molecular formula is C24H34N2O4. The molecule has 6 rings (SSSR count). The molecule has 5 fully saturated rings. The Bertz CT molecular complexity index is 794. The zero-order valence-electron chi connectivity index (χ0n) is 17.9. The molecular weight excluding hydrogens is 380 g/mol. The van der Waals surface area contributed by atoms with E-state index in [9.17, 15) is 14.7 Å². The maximum atomic E-state index is 12.0. The number of benzene rings is 1. The number of primary amides is 1. The highest BCUT2D eigenvalue weighted by molar-refractivity contribution is 5.76. The Balaban J connectivity index is 0.000000185. The number of amides is 1. The van der Waals surface area contributed by atoms with E-state index in [1.807, 2.05) is 0 Å². The highest BCUT2D eigenvalue weighted by atomic mass is 16.6. The maximum absolute atomic E-state index is 12.0. The molecule has 4 atom stereocenters. The molecule has 1 aliphatic heterocycles. The van der Waals surface area contributed by atoms with E-state index in [4.69, 9.17) is 10.5 Å². The van der Waals surface area contributed by atoms with Gasteiger partial charge in [0, 0.05) is 0 Å². The number of carboxylic acids is 1. The average Bonchev–Trinajstić information content (AvgIpc) is 2.68. The zero-order valence-corrected chi connectivity index (χ0v) is 17.9. The summed E-state index contributed by atoms with van der Waals surface area (Å²) in [4.78, 5) is 22.2. The summed E-state index contributed by atoms with van der Waals surface area (Å²) in [6, 6.07) is 10.7. The van der Waals surface area contributed by atoms with Crippen LogP contribution < -0.4 is 11.1 Å². The maximum Gasteiger partial charge on any atom is 0.404 e. The monoisotopic (exact) mass is 414 g/mol. The smallest absolute Gasteiger partial charge is 0.404 e. The minimum atomic E-state index is -0.660. The van der Waals surface area contributed by atoms with Crippen LogP contribution in [0.4, 0.5) is 4.79 Å². The molecule has 164 valence electrons. The quantitative estimate of drug-likeness (QED) is 0.698. The number of rotatable bonds is 3. The van der Waals surface area contributed by atoms with Crippen molar-refractivity contribution in [3.63, 3.8) is 0 Å². The minimum absolute atomic E-state index is 0.0405. The Labute approximate surface area is 178 Å². The summed E-state index contributed by atoms with van der Waals surface area (Å²) in [5.74, 6) is 0.0562. The summed E-state index contributed by atoms with van der Waals surface area (Å²) >= 11 is 0. The number of hydrogen-bond donors (Lipinski definition) is 3. The fourth-order valence-corrected chi connectivity index (χ4v) is 7.35. The Morgan fingerprint density at radius 2 is 1.77 bits per heavy atom. The molecule has 4 aliphatic carbocycles. The second-order valence-electron chi connectivity index (χ2n) is 10.4. The lowest BCUT2D eigenvalue weighted by molar-refractivity contribution is -0.176. The predicted molar refractivity (Wildman–Crippen MR) is 114 cm³/mol. The van der Waals surface area contributed by atoms with Crippen molar-refractivity contribution < 1.29 is 19.4 Å². The predicted octanol–water partition coefficient (Wildman–Crippen LogP) is 3.83. The molecule has 1 amide bonds. The van der Waals surface area contributed by atoms with Crippen molar-refractivity contribution in [2.45, 2.75) is 69.8 Å². The van der Waals surface area contributed by atoms with Crippen molar-refractivity contribution in [3.8, 4) is 0 Å². The molecule has 30 heavy (non-hydrogen) atoms. The minimum Gasteiger partial charge on any atom is -0.481 e. The van der Waals surface area contributed by atoms with Gasteiger partial charge in [-0.25, -0.2) is 4.79 Å². The lowest BCUT2D eigenvalue weighted by atomic mass is 9.39. The third-order valence-corrected chi connectivity index (χ3v) is 7.76. The summed E-state index contributed by atoms with van der Waals surface area (Å²) in [7, 11) is 0. The number of ether oxygens (including phenoxy) is 1. The van der Waals surface area contributed by atoms with Gasteiger partial charge in [0.15, 0.2) is 0 Å². The number of nitrogens with one attached hydrogen (secondary N) is 1. The second kappa shape index (κ2) is 7.88. The summed E-state index contributed by atoms with van der Waals surface area (Å²) in [6.07, 6.45) is 7.39. The molecule has 0 aromatic heterocycles. The fraction of sp³-hybridized carbons (Fsp3) is 0.667. The van der Waals surface area contributed by atoms with Gasteiger partial charge in [-0.15, -0.1) is 0 Å². The van der Waals surface area contributed by atoms with E-state index in [1.165, 1.54) is 24.8 Å². The normalized spacial score (nSPS) is 37.2. The van der Waals surface area contributed by atoms with E-state index >= 15 is 0 Å². The van der Waals surface area contributed by atoms with E-state index in [0.29, 0.717) is 5.92 Å². The van der Waals surface area contributed by atoms with Crippen LogP contribution in [0.5, 0.6) is 0 Å². The van der Waals surface area contributed by atoms with Gasteiger partial charge in [-0.05, 0) is 86.8 Å². The summed E-state index contributed by atoms with van der Waals surface area (Å²) in [5.41, 5.74) is 6.11. The van der Waals surface area contributed by atoms with E-state index < -0.39 is 17.5 Å². The molecule has 1 heterocycles. The number of carbonyl (C=O) groups excluding carboxylic acids is 1. The van der Waals surface area contributed by atoms with Crippen LogP contribution in [-0.4, -0.2) is 36.4 Å². The van der Waals surface area contributed by atoms with Crippen molar-refractivity contribution >= 4 is 12.1 Å². The van der Waals surface area contributed by atoms with Gasteiger partial charge in [0.2, 0.25) is 0 Å². The third kappa shape index (κ3) is 4.07. The first kappa shape index (κ1) is 21.2. The lowest BCUT2D eigenvalue weighted by Gasteiger charge is -2.64. The third-order valence-electron chi connectivity index (χ3n) is 7.76. The Kier molecular flexibility index (Phi) is 5.56.